The molecule has 3 aliphatic heterocycles. The van der Waals surface area contributed by atoms with Gasteiger partial charge in [0.15, 0.2) is 0 Å². The molecule has 35 heavy (non-hydrogen) atoms. The lowest BCUT2D eigenvalue weighted by molar-refractivity contribution is -0.141. The highest BCUT2D eigenvalue weighted by molar-refractivity contribution is 6.02. The van der Waals surface area contributed by atoms with Crippen LogP contribution >= 0.6 is 0 Å². The number of fused-ring (bicyclic) bond motifs is 1. The number of hydrogen-bond donors (Lipinski definition) is 2. The number of nitrogens with one attached hydrogen (secondary N) is 2. The number of rotatable bonds is 8. The van der Waals surface area contributed by atoms with Crippen LogP contribution in [0, 0.1) is 18.8 Å². The molecule has 2 saturated heterocycles. The van der Waals surface area contributed by atoms with Gasteiger partial charge in [0.2, 0.25) is 17.7 Å². The molecule has 1 spiro atoms. The molecule has 1 aromatic rings. The minimum Gasteiger partial charge on any atom is -0.385 e. The number of carbonyl (C=O) groups is 3. The number of likely N-dealkylation sites (tertiary alicyclic amines) is 1. The fourth-order valence-corrected chi connectivity index (χ4v) is 6.28. The van der Waals surface area contributed by atoms with E-state index in [0.717, 1.165) is 31.2 Å². The number of hydrogen-bond acceptors (Lipinski definition) is 5. The Balaban J connectivity index is 1.41. The minimum atomic E-state index is -1.12. The van der Waals surface area contributed by atoms with E-state index in [9.17, 15) is 14.4 Å². The van der Waals surface area contributed by atoms with Crippen LogP contribution in [0.3, 0.4) is 0 Å². The van der Waals surface area contributed by atoms with Crippen molar-refractivity contribution in [2.75, 3.05) is 25.6 Å². The third-order valence-electron chi connectivity index (χ3n) is 7.94. The number of aryl methyl sites for hydroxylation is 1. The second-order valence-electron chi connectivity index (χ2n) is 10.3. The second kappa shape index (κ2) is 9.74. The molecule has 5 atom stereocenters. The molecular formula is C27H35N3O5. The van der Waals surface area contributed by atoms with Crippen molar-refractivity contribution in [2.24, 2.45) is 11.8 Å². The number of amides is 3. The molecule has 188 valence electrons. The Morgan fingerprint density at radius 1 is 1.14 bits per heavy atom. The highest BCUT2D eigenvalue weighted by atomic mass is 16.5. The fourth-order valence-electron chi connectivity index (χ4n) is 6.28. The van der Waals surface area contributed by atoms with Gasteiger partial charge in [-0.05, 0) is 38.3 Å². The monoisotopic (exact) mass is 481 g/mol. The minimum absolute atomic E-state index is 0.117. The molecule has 0 radical (unpaired) electrons. The summed E-state index contributed by atoms with van der Waals surface area (Å²) in [7, 11) is 1.62. The van der Waals surface area contributed by atoms with E-state index >= 15 is 0 Å². The molecule has 3 amide bonds. The zero-order valence-corrected chi connectivity index (χ0v) is 20.5. The van der Waals surface area contributed by atoms with Gasteiger partial charge in [-0.3, -0.25) is 14.4 Å². The van der Waals surface area contributed by atoms with Crippen LogP contribution in [-0.2, 0) is 23.9 Å². The van der Waals surface area contributed by atoms with Gasteiger partial charge in [0, 0.05) is 32.0 Å². The molecular weight excluding hydrogens is 446 g/mol. The van der Waals surface area contributed by atoms with E-state index in [2.05, 4.69) is 10.6 Å². The predicted molar refractivity (Wildman–Crippen MR) is 131 cm³/mol. The lowest BCUT2D eigenvalue weighted by atomic mass is 9.74. The first-order chi connectivity index (χ1) is 16.9. The van der Waals surface area contributed by atoms with Crippen molar-refractivity contribution >= 4 is 23.4 Å². The second-order valence-corrected chi connectivity index (χ2v) is 10.3. The van der Waals surface area contributed by atoms with Crippen LogP contribution in [0.2, 0.25) is 0 Å². The molecule has 2 bridgehead atoms. The number of ether oxygens (including phenoxy) is 2. The summed E-state index contributed by atoms with van der Waals surface area (Å²) >= 11 is 0. The topological polar surface area (TPSA) is 97.0 Å². The Kier molecular flexibility index (Phi) is 6.68. The van der Waals surface area contributed by atoms with E-state index in [-0.39, 0.29) is 23.8 Å². The number of carbonyl (C=O) groups excluding carboxylic acids is 3. The number of methoxy groups -OCH3 is 1. The summed E-state index contributed by atoms with van der Waals surface area (Å²) in [5.74, 6) is -2.05. The van der Waals surface area contributed by atoms with E-state index in [0.29, 0.717) is 25.3 Å². The van der Waals surface area contributed by atoms with E-state index in [4.69, 9.17) is 9.47 Å². The number of nitrogens with zero attached hydrogens (tertiary/aromatic N) is 1. The molecule has 1 aliphatic carbocycles. The van der Waals surface area contributed by atoms with Gasteiger partial charge < -0.3 is 25.0 Å². The van der Waals surface area contributed by atoms with Crippen LogP contribution < -0.4 is 10.6 Å². The van der Waals surface area contributed by atoms with Crippen molar-refractivity contribution in [2.45, 2.75) is 69.2 Å². The van der Waals surface area contributed by atoms with Gasteiger partial charge in [0.05, 0.1) is 17.9 Å². The van der Waals surface area contributed by atoms with Crippen LogP contribution in [0.25, 0.3) is 0 Å². The molecule has 4 aliphatic rings. The molecule has 3 fully saturated rings. The normalized spacial score (nSPS) is 31.6. The highest BCUT2D eigenvalue weighted by Crippen LogP contribution is 2.55. The van der Waals surface area contributed by atoms with Crippen LogP contribution in [0.4, 0.5) is 5.69 Å². The molecule has 8 nitrogen and oxygen atoms in total. The van der Waals surface area contributed by atoms with Crippen molar-refractivity contribution in [3.05, 3.63) is 42.0 Å². The van der Waals surface area contributed by atoms with Gasteiger partial charge >= 0.3 is 0 Å². The van der Waals surface area contributed by atoms with E-state index in [1.165, 1.54) is 6.42 Å². The lowest BCUT2D eigenvalue weighted by Crippen LogP contribution is -2.56. The maximum atomic E-state index is 13.8. The first-order valence-corrected chi connectivity index (χ1v) is 12.8. The smallest absolute Gasteiger partial charge is 0.246 e. The molecule has 5 rings (SSSR count). The summed E-state index contributed by atoms with van der Waals surface area (Å²) in [6, 6.07) is 6.88. The predicted octanol–water partition coefficient (Wildman–Crippen LogP) is 2.57. The standard InChI is InChI=1S/C27H35N3O5/c1-17-9-11-19(12-10-17)28-24(31)21-20-13-14-27(35-20)22(21)26(33)30(15-6-16-34-2)23(27)25(32)29-18-7-4-3-5-8-18/h9-14,18,20-23H,3-8,15-16H2,1-2H3,(H,28,31)(H,29,32)/t20-,21?,22-,23?,27?/m1/s1. The third-order valence-corrected chi connectivity index (χ3v) is 7.94. The quantitative estimate of drug-likeness (QED) is 0.439. The number of anilines is 1. The largest absolute Gasteiger partial charge is 0.385 e. The Hall–Kier alpha value is -2.71. The maximum Gasteiger partial charge on any atom is 0.246 e. The SMILES string of the molecule is COCCCN1C(=O)[C@H]2C(C(=O)Nc3ccc(C)cc3)[C@H]3C=CC2(O3)C1C(=O)NC1CCCCC1. The molecule has 3 heterocycles. The summed E-state index contributed by atoms with van der Waals surface area (Å²) < 4.78 is 11.6. The Morgan fingerprint density at radius 2 is 1.89 bits per heavy atom. The van der Waals surface area contributed by atoms with E-state index < -0.39 is 29.6 Å². The van der Waals surface area contributed by atoms with Crippen molar-refractivity contribution in [1.82, 2.24) is 10.2 Å². The summed E-state index contributed by atoms with van der Waals surface area (Å²) in [4.78, 5) is 42.5. The van der Waals surface area contributed by atoms with Gasteiger partial charge in [-0.15, -0.1) is 0 Å². The van der Waals surface area contributed by atoms with Crippen molar-refractivity contribution in [3.8, 4) is 0 Å². The zero-order valence-electron chi connectivity index (χ0n) is 20.5. The molecule has 3 unspecified atom stereocenters. The van der Waals surface area contributed by atoms with Gasteiger partial charge in [0.1, 0.15) is 11.6 Å². The lowest BCUT2D eigenvalue weighted by Gasteiger charge is -2.34. The van der Waals surface area contributed by atoms with Gasteiger partial charge in [-0.2, -0.15) is 0 Å². The van der Waals surface area contributed by atoms with Gasteiger partial charge in [0.25, 0.3) is 0 Å². The Labute approximate surface area is 206 Å². The average Bonchev–Trinajstić information content (AvgIpc) is 3.49. The van der Waals surface area contributed by atoms with Gasteiger partial charge in [-0.25, -0.2) is 0 Å². The van der Waals surface area contributed by atoms with Crippen molar-refractivity contribution in [3.63, 3.8) is 0 Å². The summed E-state index contributed by atoms with van der Waals surface area (Å²) in [6.07, 6.45) is 9.07. The summed E-state index contributed by atoms with van der Waals surface area (Å²) in [6.45, 7) is 2.84. The molecule has 8 heteroatoms. The van der Waals surface area contributed by atoms with Crippen LogP contribution in [-0.4, -0.2) is 66.7 Å². The summed E-state index contributed by atoms with van der Waals surface area (Å²) in [5.41, 5.74) is 0.649. The fraction of sp³-hybridized carbons (Fsp3) is 0.593. The molecule has 2 N–H and O–H groups in total. The molecule has 1 aromatic carbocycles. The van der Waals surface area contributed by atoms with Crippen LogP contribution in [0.15, 0.2) is 36.4 Å². The first kappa shape index (κ1) is 24.0. The first-order valence-electron chi connectivity index (χ1n) is 12.8. The van der Waals surface area contributed by atoms with Gasteiger partial charge in [-0.1, -0.05) is 49.1 Å². The van der Waals surface area contributed by atoms with E-state index in [1.807, 2.05) is 43.3 Å². The summed E-state index contributed by atoms with van der Waals surface area (Å²) in [5, 5.41) is 6.16. The molecule has 0 aromatic heterocycles. The van der Waals surface area contributed by atoms with Crippen molar-refractivity contribution < 1.29 is 23.9 Å². The third kappa shape index (κ3) is 4.27. The average molecular weight is 482 g/mol. The maximum absolute atomic E-state index is 13.8. The zero-order chi connectivity index (χ0) is 24.6. The van der Waals surface area contributed by atoms with E-state index in [1.54, 1.807) is 12.0 Å². The van der Waals surface area contributed by atoms with Crippen LogP contribution in [0.1, 0.15) is 44.1 Å². The highest BCUT2D eigenvalue weighted by Gasteiger charge is 2.72. The van der Waals surface area contributed by atoms with Crippen LogP contribution in [0.5, 0.6) is 0 Å². The number of benzene rings is 1. The van der Waals surface area contributed by atoms with Crippen molar-refractivity contribution in [1.29, 1.82) is 0 Å². The molecule has 1 saturated carbocycles. The Morgan fingerprint density at radius 3 is 2.60 bits per heavy atom. The Bertz CT molecular complexity index is 1000.